The van der Waals surface area contributed by atoms with Crippen LogP contribution in [0.5, 0.6) is 0 Å². The van der Waals surface area contributed by atoms with Crippen LogP contribution in [-0.2, 0) is 34.2 Å². The van der Waals surface area contributed by atoms with Crippen LogP contribution in [0.15, 0.2) is 23.8 Å². The molecule has 1 aliphatic heterocycles. The molecule has 0 radical (unpaired) electrons. The average Bonchev–Trinajstić information content (AvgIpc) is 2.74. The van der Waals surface area contributed by atoms with E-state index in [0.29, 0.717) is 0 Å². The third-order valence-electron chi connectivity index (χ3n) is 4.08. The number of nitrogens with zero attached hydrogens (tertiary/aromatic N) is 1. The summed E-state index contributed by atoms with van der Waals surface area (Å²) in [5.74, 6) is -2.51. The van der Waals surface area contributed by atoms with Crippen molar-refractivity contribution in [3.8, 4) is 0 Å². The minimum atomic E-state index is -2.32. The standard InChI is InChI=1S/C17H17NO8/c1-9(19)13-8-11-7-12(18(22)23)5-6-14(11)17(15(20)24-3,16(21)25-4)26-10(13)2/h5-8,10H,1-4H3. The van der Waals surface area contributed by atoms with Gasteiger partial charge in [-0.15, -0.1) is 0 Å². The summed E-state index contributed by atoms with van der Waals surface area (Å²) in [5, 5.41) is 11.1. The summed E-state index contributed by atoms with van der Waals surface area (Å²) < 4.78 is 15.2. The lowest BCUT2D eigenvalue weighted by Crippen LogP contribution is -2.49. The Morgan fingerprint density at radius 3 is 2.23 bits per heavy atom. The van der Waals surface area contributed by atoms with Crippen LogP contribution in [0.4, 0.5) is 5.69 Å². The molecule has 9 nitrogen and oxygen atoms in total. The van der Waals surface area contributed by atoms with Gasteiger partial charge in [-0.2, -0.15) is 0 Å². The second-order valence-corrected chi connectivity index (χ2v) is 5.61. The van der Waals surface area contributed by atoms with Crippen molar-refractivity contribution in [3.05, 3.63) is 45.0 Å². The van der Waals surface area contributed by atoms with Gasteiger partial charge in [-0.1, -0.05) is 0 Å². The Kier molecular flexibility index (Phi) is 5.22. The fourth-order valence-electron chi connectivity index (χ4n) is 2.86. The third kappa shape index (κ3) is 2.97. The highest BCUT2D eigenvalue weighted by atomic mass is 16.6. The minimum absolute atomic E-state index is 0.00935. The van der Waals surface area contributed by atoms with Crippen LogP contribution in [0.25, 0.3) is 6.08 Å². The predicted molar refractivity (Wildman–Crippen MR) is 88.0 cm³/mol. The lowest BCUT2D eigenvalue weighted by Gasteiger charge is -2.30. The number of hydrogen-bond acceptors (Lipinski definition) is 8. The highest BCUT2D eigenvalue weighted by Crippen LogP contribution is 2.39. The molecule has 0 bridgehead atoms. The lowest BCUT2D eigenvalue weighted by molar-refractivity contribution is -0.384. The van der Waals surface area contributed by atoms with Crippen LogP contribution in [0.1, 0.15) is 25.0 Å². The molecule has 0 aliphatic carbocycles. The molecule has 0 saturated carbocycles. The number of ether oxygens (including phenoxy) is 3. The quantitative estimate of drug-likeness (QED) is 0.341. The zero-order chi connectivity index (χ0) is 19.6. The maximum atomic E-state index is 12.6. The van der Waals surface area contributed by atoms with Crippen molar-refractivity contribution in [3.63, 3.8) is 0 Å². The number of rotatable bonds is 4. The molecule has 26 heavy (non-hydrogen) atoms. The van der Waals surface area contributed by atoms with Gasteiger partial charge >= 0.3 is 11.9 Å². The summed E-state index contributed by atoms with van der Waals surface area (Å²) in [6.07, 6.45) is 0.389. The Bertz CT molecular complexity index is 810. The molecule has 1 unspecified atom stereocenters. The molecule has 1 aliphatic rings. The molecule has 2 rings (SSSR count). The molecular formula is C17H17NO8. The van der Waals surface area contributed by atoms with Crippen LogP contribution >= 0.6 is 0 Å². The number of hydrogen-bond donors (Lipinski definition) is 0. The van der Waals surface area contributed by atoms with Gasteiger partial charge in [-0.25, -0.2) is 9.59 Å². The molecule has 1 aromatic rings. The second kappa shape index (κ2) is 7.04. The molecule has 138 valence electrons. The summed E-state index contributed by atoms with van der Waals surface area (Å²) >= 11 is 0. The van der Waals surface area contributed by atoms with Gasteiger partial charge in [0, 0.05) is 23.3 Å². The number of fused-ring (bicyclic) bond motifs is 1. The first-order valence-corrected chi connectivity index (χ1v) is 7.55. The second-order valence-electron chi connectivity index (χ2n) is 5.61. The summed E-state index contributed by atoms with van der Waals surface area (Å²) in [5.41, 5.74) is -2.35. The van der Waals surface area contributed by atoms with E-state index in [0.717, 1.165) is 26.4 Å². The van der Waals surface area contributed by atoms with Gasteiger partial charge in [-0.3, -0.25) is 14.9 Å². The molecule has 0 saturated heterocycles. The molecule has 0 N–H and O–H groups in total. The van der Waals surface area contributed by atoms with E-state index >= 15 is 0 Å². The van der Waals surface area contributed by atoms with Gasteiger partial charge in [0.15, 0.2) is 5.78 Å². The van der Waals surface area contributed by atoms with Gasteiger partial charge in [-0.05, 0) is 31.6 Å². The number of methoxy groups -OCH3 is 2. The molecule has 1 aromatic carbocycles. The molecule has 9 heteroatoms. The molecule has 0 fully saturated rings. The number of benzene rings is 1. The Labute approximate surface area is 148 Å². The van der Waals surface area contributed by atoms with E-state index in [1.807, 2.05) is 0 Å². The molecule has 0 spiro atoms. The van der Waals surface area contributed by atoms with Crippen molar-refractivity contribution in [1.29, 1.82) is 0 Å². The maximum absolute atomic E-state index is 12.6. The number of esters is 2. The molecule has 1 heterocycles. The largest absolute Gasteiger partial charge is 0.466 e. The maximum Gasteiger partial charge on any atom is 0.354 e. The summed E-state index contributed by atoms with van der Waals surface area (Å²) in [4.78, 5) is 47.5. The van der Waals surface area contributed by atoms with Crippen LogP contribution in [-0.4, -0.2) is 43.0 Å². The van der Waals surface area contributed by atoms with Crippen molar-refractivity contribution in [2.45, 2.75) is 25.6 Å². The summed E-state index contributed by atoms with van der Waals surface area (Å²) in [6, 6.07) is 3.49. The van der Waals surface area contributed by atoms with Crippen molar-refractivity contribution in [2.75, 3.05) is 14.2 Å². The van der Waals surface area contributed by atoms with Crippen LogP contribution in [0.2, 0.25) is 0 Å². The van der Waals surface area contributed by atoms with E-state index < -0.39 is 28.6 Å². The van der Waals surface area contributed by atoms with Crippen molar-refractivity contribution >= 4 is 29.5 Å². The number of nitro groups is 1. The van der Waals surface area contributed by atoms with E-state index in [9.17, 15) is 24.5 Å². The SMILES string of the molecule is COC(=O)C1(C(=O)OC)OC(C)C(C(C)=O)=Cc2cc([N+](=O)[O-])ccc21. The monoisotopic (exact) mass is 363 g/mol. The first-order valence-electron chi connectivity index (χ1n) is 7.55. The Hall–Kier alpha value is -3.07. The van der Waals surface area contributed by atoms with Gasteiger partial charge in [0.25, 0.3) is 11.3 Å². The first kappa shape index (κ1) is 19.3. The smallest absolute Gasteiger partial charge is 0.354 e. The number of carbonyl (C=O) groups is 3. The first-order chi connectivity index (χ1) is 12.2. The van der Waals surface area contributed by atoms with Gasteiger partial charge < -0.3 is 14.2 Å². The number of non-ortho nitro benzene ring substituents is 1. The predicted octanol–water partition coefficient (Wildman–Crippen LogP) is 1.53. The zero-order valence-corrected chi connectivity index (χ0v) is 14.6. The zero-order valence-electron chi connectivity index (χ0n) is 14.6. The number of carbonyl (C=O) groups excluding carboxylic acids is 3. The lowest BCUT2D eigenvalue weighted by atomic mass is 9.89. The Morgan fingerprint density at radius 1 is 1.19 bits per heavy atom. The van der Waals surface area contributed by atoms with Gasteiger partial charge in [0.05, 0.1) is 25.2 Å². The van der Waals surface area contributed by atoms with Crippen molar-refractivity contribution in [2.24, 2.45) is 0 Å². The highest BCUT2D eigenvalue weighted by Gasteiger charge is 2.55. The summed E-state index contributed by atoms with van der Waals surface area (Å²) in [6.45, 7) is 2.76. The number of ketones is 1. The topological polar surface area (TPSA) is 122 Å². The molecule has 0 amide bonds. The average molecular weight is 363 g/mol. The fraction of sp³-hybridized carbons (Fsp3) is 0.353. The van der Waals surface area contributed by atoms with Gasteiger partial charge in [0.2, 0.25) is 0 Å². The normalized spacial score (nSPS) is 18.0. The van der Waals surface area contributed by atoms with Crippen molar-refractivity contribution < 1.29 is 33.5 Å². The summed E-state index contributed by atoms with van der Waals surface area (Å²) in [7, 11) is 2.13. The number of Topliss-reactive ketones (excluding diaryl/α,β-unsaturated/α-hetero) is 1. The van der Waals surface area contributed by atoms with E-state index in [4.69, 9.17) is 14.2 Å². The fourth-order valence-corrected chi connectivity index (χ4v) is 2.86. The Morgan fingerprint density at radius 2 is 1.77 bits per heavy atom. The Balaban J connectivity index is 2.88. The third-order valence-corrected chi connectivity index (χ3v) is 4.08. The molecular weight excluding hydrogens is 346 g/mol. The minimum Gasteiger partial charge on any atom is -0.466 e. The van der Waals surface area contributed by atoms with Crippen LogP contribution in [0, 0.1) is 10.1 Å². The molecule has 1 atom stereocenters. The van der Waals surface area contributed by atoms with Crippen molar-refractivity contribution in [1.82, 2.24) is 0 Å². The number of nitro benzene ring substituents is 1. The van der Waals surface area contributed by atoms with E-state index in [2.05, 4.69) is 0 Å². The van der Waals surface area contributed by atoms with Gasteiger partial charge in [0.1, 0.15) is 0 Å². The van der Waals surface area contributed by atoms with E-state index in [-0.39, 0.29) is 28.2 Å². The highest BCUT2D eigenvalue weighted by molar-refractivity contribution is 6.07. The van der Waals surface area contributed by atoms with E-state index in [1.165, 1.54) is 26.0 Å². The van der Waals surface area contributed by atoms with Crippen LogP contribution < -0.4 is 0 Å². The molecule has 0 aromatic heterocycles. The van der Waals surface area contributed by atoms with Crippen LogP contribution in [0.3, 0.4) is 0 Å². The van der Waals surface area contributed by atoms with E-state index in [1.54, 1.807) is 0 Å².